The maximum atomic E-state index is 10.8. The molecule has 7 heteroatoms. The van der Waals surface area contributed by atoms with Gasteiger partial charge in [0.25, 0.3) is 0 Å². The van der Waals surface area contributed by atoms with Crippen LogP contribution in [-0.2, 0) is 10.1 Å². The van der Waals surface area contributed by atoms with Gasteiger partial charge in [0.1, 0.15) is 4.90 Å². The molecule has 0 aliphatic rings. The molecule has 0 aromatic carbocycles. The summed E-state index contributed by atoms with van der Waals surface area (Å²) in [6.07, 6.45) is 1.90. The number of hydrogen-bond acceptors (Lipinski definition) is 6. The molecular formula is C6H6O5S2. The molecule has 0 aliphatic heterocycles. The van der Waals surface area contributed by atoms with Gasteiger partial charge in [0.15, 0.2) is 5.75 Å². The molecule has 0 radical (unpaired) electrons. The van der Waals surface area contributed by atoms with Gasteiger partial charge >= 0.3 is 15.7 Å². The summed E-state index contributed by atoms with van der Waals surface area (Å²) in [6, 6.07) is 1.20. The summed E-state index contributed by atoms with van der Waals surface area (Å²) >= 11 is 3.73. The van der Waals surface area contributed by atoms with Gasteiger partial charge in [-0.15, -0.1) is 12.6 Å². The lowest BCUT2D eigenvalue weighted by Gasteiger charge is -2.02. The van der Waals surface area contributed by atoms with Crippen LogP contribution < -0.4 is 9.81 Å². The van der Waals surface area contributed by atoms with E-state index in [0.29, 0.717) is 0 Å². The molecule has 72 valence electrons. The monoisotopic (exact) mass is 222 g/mol. The molecule has 0 amide bonds. The van der Waals surface area contributed by atoms with Crippen molar-refractivity contribution in [3.8, 4) is 5.75 Å². The standard InChI is InChI=1S/C6H6O5S2/c1-13(8,9)11-4-2-3-10-6(7)5(4)12/h2-3,12H,1H3. The molecule has 1 aromatic heterocycles. The summed E-state index contributed by atoms with van der Waals surface area (Å²) in [7, 11) is -3.65. The maximum absolute atomic E-state index is 10.8. The van der Waals surface area contributed by atoms with Crippen LogP contribution in [0.2, 0.25) is 0 Å². The van der Waals surface area contributed by atoms with E-state index >= 15 is 0 Å². The quantitative estimate of drug-likeness (QED) is 0.574. The van der Waals surface area contributed by atoms with E-state index < -0.39 is 15.7 Å². The third-order valence-corrected chi connectivity index (χ3v) is 1.95. The molecule has 0 bridgehead atoms. The van der Waals surface area contributed by atoms with E-state index in [1.165, 1.54) is 6.07 Å². The van der Waals surface area contributed by atoms with E-state index in [-0.39, 0.29) is 10.6 Å². The molecule has 0 saturated heterocycles. The van der Waals surface area contributed by atoms with Crippen molar-refractivity contribution in [1.29, 1.82) is 0 Å². The fourth-order valence-corrected chi connectivity index (χ4v) is 1.32. The largest absolute Gasteiger partial charge is 0.430 e. The second kappa shape index (κ2) is 3.43. The Morgan fingerprint density at radius 1 is 1.54 bits per heavy atom. The zero-order valence-corrected chi connectivity index (χ0v) is 8.26. The number of hydrogen-bond donors (Lipinski definition) is 1. The average molecular weight is 222 g/mol. The topological polar surface area (TPSA) is 73.6 Å². The molecule has 5 nitrogen and oxygen atoms in total. The SMILES string of the molecule is CS(=O)(=O)Oc1ccoc(=O)c1S. The second-order valence-corrected chi connectivity index (χ2v) is 4.23. The van der Waals surface area contributed by atoms with Gasteiger partial charge in [-0.2, -0.15) is 8.42 Å². The molecule has 0 saturated carbocycles. The highest BCUT2D eigenvalue weighted by Gasteiger charge is 2.10. The third kappa shape index (κ3) is 2.78. The van der Waals surface area contributed by atoms with Crippen LogP contribution in [-0.4, -0.2) is 14.7 Å². The smallest absolute Gasteiger partial charge is 0.353 e. The Balaban J connectivity index is 3.18. The van der Waals surface area contributed by atoms with Gasteiger partial charge in [-0.25, -0.2) is 4.79 Å². The van der Waals surface area contributed by atoms with Crippen molar-refractivity contribution in [2.24, 2.45) is 0 Å². The summed E-state index contributed by atoms with van der Waals surface area (Å²) in [5, 5.41) is 0. The van der Waals surface area contributed by atoms with Gasteiger partial charge in [-0.3, -0.25) is 0 Å². The Bertz CT molecular complexity index is 458. The summed E-state index contributed by atoms with van der Waals surface area (Å²) < 4.78 is 30.2. The van der Waals surface area contributed by atoms with Gasteiger partial charge in [-0.05, 0) is 0 Å². The zero-order valence-electron chi connectivity index (χ0n) is 6.55. The van der Waals surface area contributed by atoms with E-state index in [4.69, 9.17) is 0 Å². The lowest BCUT2D eigenvalue weighted by Crippen LogP contribution is -2.09. The van der Waals surface area contributed by atoms with Gasteiger partial charge in [0, 0.05) is 6.07 Å². The van der Waals surface area contributed by atoms with Crippen LogP contribution in [0, 0.1) is 0 Å². The lowest BCUT2D eigenvalue weighted by atomic mass is 10.5. The summed E-state index contributed by atoms with van der Waals surface area (Å²) in [6.45, 7) is 0. The van der Waals surface area contributed by atoms with Crippen LogP contribution in [0.3, 0.4) is 0 Å². The first-order chi connectivity index (χ1) is 5.90. The van der Waals surface area contributed by atoms with Crippen molar-refractivity contribution in [2.45, 2.75) is 4.90 Å². The first-order valence-corrected chi connectivity index (χ1v) is 5.37. The summed E-state index contributed by atoms with van der Waals surface area (Å²) in [4.78, 5) is 10.6. The van der Waals surface area contributed by atoms with E-state index in [1.807, 2.05) is 0 Å². The van der Waals surface area contributed by atoms with Gasteiger partial charge < -0.3 is 8.60 Å². The summed E-state index contributed by atoms with van der Waals surface area (Å²) in [5.41, 5.74) is -0.746. The van der Waals surface area contributed by atoms with Crippen LogP contribution in [0.4, 0.5) is 0 Å². The minimum atomic E-state index is -3.65. The predicted molar refractivity (Wildman–Crippen MR) is 47.7 cm³/mol. The molecule has 1 rings (SSSR count). The average Bonchev–Trinajstić information content (AvgIpc) is 1.96. The normalized spacial score (nSPS) is 11.2. The highest BCUT2D eigenvalue weighted by Crippen LogP contribution is 2.18. The van der Waals surface area contributed by atoms with Crippen LogP contribution in [0.25, 0.3) is 0 Å². The molecule has 0 aliphatic carbocycles. The minimum absolute atomic E-state index is 0.137. The van der Waals surface area contributed by atoms with Crippen molar-refractivity contribution in [2.75, 3.05) is 6.26 Å². The fraction of sp³-hybridized carbons (Fsp3) is 0.167. The minimum Gasteiger partial charge on any atom is -0.430 e. The Hall–Kier alpha value is -0.950. The highest BCUT2D eigenvalue weighted by molar-refractivity contribution is 7.86. The molecule has 0 fully saturated rings. The van der Waals surface area contributed by atoms with E-state index in [1.54, 1.807) is 0 Å². The van der Waals surface area contributed by atoms with Crippen molar-refractivity contribution in [3.05, 3.63) is 22.7 Å². The molecular weight excluding hydrogens is 216 g/mol. The number of thiol groups is 1. The molecule has 0 atom stereocenters. The molecule has 0 unspecified atom stereocenters. The van der Waals surface area contributed by atoms with Crippen molar-refractivity contribution in [3.63, 3.8) is 0 Å². The van der Waals surface area contributed by atoms with Crippen LogP contribution in [0.15, 0.2) is 26.4 Å². The Morgan fingerprint density at radius 3 is 2.69 bits per heavy atom. The maximum Gasteiger partial charge on any atom is 0.353 e. The summed E-state index contributed by atoms with van der Waals surface area (Å²) in [5.74, 6) is -0.137. The van der Waals surface area contributed by atoms with Gasteiger partial charge in [0.05, 0.1) is 12.5 Å². The Kier molecular flexibility index (Phi) is 2.67. The first kappa shape index (κ1) is 10.1. The molecule has 0 N–H and O–H groups in total. The van der Waals surface area contributed by atoms with Crippen molar-refractivity contribution >= 4 is 22.7 Å². The predicted octanol–water partition coefficient (Wildman–Crippen LogP) is 0.267. The van der Waals surface area contributed by atoms with E-state index in [9.17, 15) is 13.2 Å². The third-order valence-electron chi connectivity index (χ3n) is 1.06. The highest BCUT2D eigenvalue weighted by atomic mass is 32.2. The van der Waals surface area contributed by atoms with Crippen LogP contribution >= 0.6 is 12.6 Å². The van der Waals surface area contributed by atoms with Gasteiger partial charge in [0.2, 0.25) is 0 Å². The van der Waals surface area contributed by atoms with Crippen molar-refractivity contribution < 1.29 is 17.0 Å². The molecule has 1 aromatic rings. The molecule has 0 spiro atoms. The van der Waals surface area contributed by atoms with Gasteiger partial charge in [-0.1, -0.05) is 0 Å². The van der Waals surface area contributed by atoms with E-state index in [0.717, 1.165) is 12.5 Å². The first-order valence-electron chi connectivity index (χ1n) is 3.10. The second-order valence-electron chi connectivity index (χ2n) is 2.21. The Labute approximate surface area is 79.9 Å². The zero-order chi connectivity index (χ0) is 10.1. The fourth-order valence-electron chi connectivity index (χ4n) is 0.623. The van der Waals surface area contributed by atoms with Crippen molar-refractivity contribution in [1.82, 2.24) is 0 Å². The number of rotatable bonds is 2. The Morgan fingerprint density at radius 2 is 2.15 bits per heavy atom. The van der Waals surface area contributed by atoms with Crippen LogP contribution in [0.1, 0.15) is 0 Å². The molecule has 1 heterocycles. The van der Waals surface area contributed by atoms with E-state index in [2.05, 4.69) is 21.2 Å². The lowest BCUT2D eigenvalue weighted by molar-refractivity contribution is 0.453. The molecule has 13 heavy (non-hydrogen) atoms. The van der Waals surface area contributed by atoms with Crippen LogP contribution in [0.5, 0.6) is 5.75 Å².